The molecule has 0 bridgehead atoms. The molecule has 0 N–H and O–H groups in total. The van der Waals surface area contributed by atoms with Gasteiger partial charge in [-0.2, -0.15) is 0 Å². The molecule has 0 radical (unpaired) electrons. The zero-order chi connectivity index (χ0) is 19.6. The first-order valence-corrected chi connectivity index (χ1v) is 10.2. The fraction of sp³-hybridized carbons (Fsp3) is 0.682. The number of piperazine rings is 1. The highest BCUT2D eigenvalue weighted by Crippen LogP contribution is 2.31. The van der Waals surface area contributed by atoms with Crippen molar-refractivity contribution >= 4 is 11.6 Å². The lowest BCUT2D eigenvalue weighted by atomic mass is 9.93. The lowest BCUT2D eigenvalue weighted by molar-refractivity contribution is -0.137. The molecule has 1 unspecified atom stereocenters. The number of carbonyl (C=O) groups is 1. The summed E-state index contributed by atoms with van der Waals surface area (Å²) in [7, 11) is 1.72. The minimum atomic E-state index is 0.0623. The van der Waals surface area contributed by atoms with Gasteiger partial charge in [-0.1, -0.05) is 6.07 Å². The first-order chi connectivity index (χ1) is 12.8. The van der Waals surface area contributed by atoms with Crippen LogP contribution in [-0.4, -0.2) is 67.1 Å². The number of ether oxygens (including phenoxy) is 1. The van der Waals surface area contributed by atoms with Gasteiger partial charge in [-0.05, 0) is 52.2 Å². The molecule has 2 saturated heterocycles. The summed E-state index contributed by atoms with van der Waals surface area (Å²) in [4.78, 5) is 19.3. The van der Waals surface area contributed by atoms with Gasteiger partial charge >= 0.3 is 0 Å². The number of benzene rings is 1. The summed E-state index contributed by atoms with van der Waals surface area (Å²) in [6.07, 6.45) is 1.73. The highest BCUT2D eigenvalue weighted by atomic mass is 16.5. The standard InChI is InChI=1S/C22H35N3O2/c1-17(2)24-15-18(9-10-21(24)26)14-23-11-12-25(22(3,4)16-23)19-7-6-8-20(13-19)27-5/h6-8,13,17-18H,9-12,14-16H2,1-5H3. The number of rotatable bonds is 5. The number of methoxy groups -OCH3 is 1. The summed E-state index contributed by atoms with van der Waals surface area (Å²) < 4.78 is 5.40. The van der Waals surface area contributed by atoms with Crippen molar-refractivity contribution in [2.75, 3.05) is 44.7 Å². The number of carbonyl (C=O) groups excluding carboxylic acids is 1. The van der Waals surface area contributed by atoms with E-state index in [2.05, 4.69) is 60.6 Å². The van der Waals surface area contributed by atoms with Gasteiger partial charge in [0.1, 0.15) is 5.75 Å². The fourth-order valence-electron chi connectivity index (χ4n) is 4.62. The maximum Gasteiger partial charge on any atom is 0.222 e. The highest BCUT2D eigenvalue weighted by molar-refractivity contribution is 5.77. The SMILES string of the molecule is COc1cccc(N2CCN(CC3CCC(=O)N(C(C)C)C3)CC2(C)C)c1. The Kier molecular flexibility index (Phi) is 5.99. The molecule has 2 aliphatic heterocycles. The van der Waals surface area contributed by atoms with Crippen LogP contribution in [0.3, 0.4) is 0 Å². The molecule has 2 heterocycles. The normalized spacial score (nSPS) is 23.8. The van der Waals surface area contributed by atoms with Crippen molar-refractivity contribution in [1.29, 1.82) is 0 Å². The number of hydrogen-bond donors (Lipinski definition) is 0. The molecule has 1 amide bonds. The van der Waals surface area contributed by atoms with Crippen LogP contribution in [-0.2, 0) is 4.79 Å². The molecule has 150 valence electrons. The van der Waals surface area contributed by atoms with E-state index in [0.717, 1.165) is 44.9 Å². The van der Waals surface area contributed by atoms with Crippen LogP contribution < -0.4 is 9.64 Å². The van der Waals surface area contributed by atoms with E-state index in [4.69, 9.17) is 4.74 Å². The molecule has 27 heavy (non-hydrogen) atoms. The van der Waals surface area contributed by atoms with E-state index in [1.807, 2.05) is 6.07 Å². The number of anilines is 1. The minimum absolute atomic E-state index is 0.0623. The second-order valence-corrected chi connectivity index (χ2v) is 8.95. The third kappa shape index (κ3) is 4.57. The molecule has 0 aromatic heterocycles. The summed E-state index contributed by atoms with van der Waals surface area (Å²) >= 11 is 0. The Morgan fingerprint density at radius 1 is 1.26 bits per heavy atom. The molecular formula is C22H35N3O2. The second-order valence-electron chi connectivity index (χ2n) is 8.95. The van der Waals surface area contributed by atoms with Crippen LogP contribution in [0.2, 0.25) is 0 Å². The monoisotopic (exact) mass is 373 g/mol. The zero-order valence-corrected chi connectivity index (χ0v) is 17.6. The quantitative estimate of drug-likeness (QED) is 0.794. The Labute approximate surface area is 164 Å². The van der Waals surface area contributed by atoms with Crippen molar-refractivity contribution in [2.45, 2.75) is 52.1 Å². The molecule has 1 atom stereocenters. The van der Waals surface area contributed by atoms with E-state index in [0.29, 0.717) is 24.3 Å². The Balaban J connectivity index is 1.62. The van der Waals surface area contributed by atoms with Gasteiger partial charge in [0.2, 0.25) is 5.91 Å². The largest absolute Gasteiger partial charge is 0.497 e. The molecule has 0 saturated carbocycles. The van der Waals surface area contributed by atoms with Crippen molar-refractivity contribution in [2.24, 2.45) is 5.92 Å². The summed E-state index contributed by atoms with van der Waals surface area (Å²) in [5.41, 5.74) is 1.29. The van der Waals surface area contributed by atoms with Gasteiger partial charge in [-0.15, -0.1) is 0 Å². The van der Waals surface area contributed by atoms with E-state index in [9.17, 15) is 4.79 Å². The highest BCUT2D eigenvalue weighted by Gasteiger charge is 2.36. The average Bonchev–Trinajstić information content (AvgIpc) is 2.62. The van der Waals surface area contributed by atoms with Crippen molar-refractivity contribution < 1.29 is 9.53 Å². The van der Waals surface area contributed by atoms with Crippen molar-refractivity contribution in [3.05, 3.63) is 24.3 Å². The third-order valence-corrected chi connectivity index (χ3v) is 6.03. The summed E-state index contributed by atoms with van der Waals surface area (Å²) in [5, 5.41) is 0. The predicted octanol–water partition coefficient (Wildman–Crippen LogP) is 3.24. The first kappa shape index (κ1) is 20.0. The number of amides is 1. The molecule has 1 aromatic rings. The van der Waals surface area contributed by atoms with E-state index in [-0.39, 0.29) is 5.54 Å². The molecule has 2 aliphatic rings. The Hall–Kier alpha value is -1.75. The topological polar surface area (TPSA) is 36.0 Å². The van der Waals surface area contributed by atoms with Crippen LogP contribution in [0.5, 0.6) is 5.75 Å². The predicted molar refractivity (Wildman–Crippen MR) is 110 cm³/mol. The number of nitrogens with zero attached hydrogens (tertiary/aromatic N) is 3. The van der Waals surface area contributed by atoms with Crippen LogP contribution in [0.1, 0.15) is 40.5 Å². The minimum Gasteiger partial charge on any atom is -0.497 e. The third-order valence-electron chi connectivity index (χ3n) is 6.03. The van der Waals surface area contributed by atoms with Gasteiger partial charge < -0.3 is 14.5 Å². The zero-order valence-electron chi connectivity index (χ0n) is 17.6. The molecule has 1 aromatic carbocycles. The van der Waals surface area contributed by atoms with Crippen molar-refractivity contribution in [1.82, 2.24) is 9.80 Å². The van der Waals surface area contributed by atoms with Crippen molar-refractivity contribution in [3.63, 3.8) is 0 Å². The van der Waals surface area contributed by atoms with E-state index in [1.54, 1.807) is 7.11 Å². The lowest BCUT2D eigenvalue weighted by Crippen LogP contribution is -2.60. The maximum absolute atomic E-state index is 12.1. The van der Waals surface area contributed by atoms with E-state index < -0.39 is 0 Å². The Morgan fingerprint density at radius 3 is 2.70 bits per heavy atom. The molecule has 0 aliphatic carbocycles. The fourth-order valence-corrected chi connectivity index (χ4v) is 4.62. The first-order valence-electron chi connectivity index (χ1n) is 10.2. The summed E-state index contributed by atoms with van der Waals surface area (Å²) in [6.45, 7) is 14.0. The molecule has 5 nitrogen and oxygen atoms in total. The van der Waals surface area contributed by atoms with Gasteiger partial charge in [-0.25, -0.2) is 0 Å². The smallest absolute Gasteiger partial charge is 0.222 e. The molecule has 0 spiro atoms. The lowest BCUT2D eigenvalue weighted by Gasteiger charge is -2.49. The van der Waals surface area contributed by atoms with E-state index in [1.165, 1.54) is 5.69 Å². The summed E-state index contributed by atoms with van der Waals surface area (Å²) in [6, 6.07) is 8.67. The second kappa shape index (κ2) is 8.09. The number of hydrogen-bond acceptors (Lipinski definition) is 4. The van der Waals surface area contributed by atoms with E-state index >= 15 is 0 Å². The summed E-state index contributed by atoms with van der Waals surface area (Å²) in [5.74, 6) is 1.82. The molecule has 5 heteroatoms. The molecule has 3 rings (SSSR count). The van der Waals surface area contributed by atoms with Gasteiger partial charge in [0.05, 0.1) is 7.11 Å². The number of piperidine rings is 1. The molecular weight excluding hydrogens is 338 g/mol. The molecule has 2 fully saturated rings. The Bertz CT molecular complexity index is 659. The van der Waals surface area contributed by atoms with Crippen LogP contribution in [0.25, 0.3) is 0 Å². The van der Waals surface area contributed by atoms with Crippen LogP contribution in [0.15, 0.2) is 24.3 Å². The van der Waals surface area contributed by atoms with Crippen molar-refractivity contribution in [3.8, 4) is 5.75 Å². The van der Waals surface area contributed by atoms with Gasteiger partial charge in [-0.3, -0.25) is 9.69 Å². The maximum atomic E-state index is 12.1. The average molecular weight is 374 g/mol. The number of likely N-dealkylation sites (tertiary alicyclic amines) is 1. The van der Waals surface area contributed by atoms with Crippen LogP contribution in [0, 0.1) is 5.92 Å². The Morgan fingerprint density at radius 2 is 2.04 bits per heavy atom. The van der Waals surface area contributed by atoms with Crippen LogP contribution in [0.4, 0.5) is 5.69 Å². The van der Waals surface area contributed by atoms with Gasteiger partial charge in [0, 0.05) is 62.5 Å². The van der Waals surface area contributed by atoms with Gasteiger partial charge in [0.15, 0.2) is 0 Å². The van der Waals surface area contributed by atoms with Gasteiger partial charge in [0.25, 0.3) is 0 Å². The van der Waals surface area contributed by atoms with Crippen LogP contribution >= 0.6 is 0 Å².